The highest BCUT2D eigenvalue weighted by molar-refractivity contribution is 6.05. The first-order chi connectivity index (χ1) is 15.6. The van der Waals surface area contributed by atoms with Crippen molar-refractivity contribution in [2.75, 3.05) is 36.0 Å². The Hall–Kier alpha value is -3.08. The smallest absolute Gasteiger partial charge is 0.264 e. The summed E-state index contributed by atoms with van der Waals surface area (Å²) in [6.07, 6.45) is 4.58. The molecule has 0 amide bonds. The van der Waals surface area contributed by atoms with Crippen molar-refractivity contribution in [3.63, 3.8) is 0 Å². The molecular weight excluding hydrogens is 396 g/mol. The van der Waals surface area contributed by atoms with Gasteiger partial charge in [-0.3, -0.25) is 4.79 Å². The highest BCUT2D eigenvalue weighted by atomic mass is 16.1. The van der Waals surface area contributed by atoms with E-state index in [0.29, 0.717) is 0 Å². The molecule has 0 bridgehead atoms. The maximum absolute atomic E-state index is 13.4. The lowest BCUT2D eigenvalue weighted by molar-refractivity contribution is -0.309. The monoisotopic (exact) mass is 427 g/mol. The molecule has 2 aliphatic rings. The number of rotatable bonds is 2. The van der Waals surface area contributed by atoms with Gasteiger partial charge in [0.1, 0.15) is 5.39 Å². The van der Waals surface area contributed by atoms with E-state index in [1.807, 2.05) is 11.6 Å². The van der Waals surface area contributed by atoms with Gasteiger partial charge in [0.15, 0.2) is 0 Å². The average Bonchev–Trinajstić information content (AvgIpc) is 2.83. The molecule has 2 aromatic carbocycles. The van der Waals surface area contributed by atoms with Crippen LogP contribution in [0.2, 0.25) is 0 Å². The molecule has 0 fully saturated rings. The van der Waals surface area contributed by atoms with Gasteiger partial charge in [-0.25, -0.2) is 4.98 Å². The van der Waals surface area contributed by atoms with Crippen molar-refractivity contribution in [3.8, 4) is 0 Å². The summed E-state index contributed by atoms with van der Waals surface area (Å²) in [6, 6.07) is 11.3. The minimum atomic E-state index is 0.0670. The van der Waals surface area contributed by atoms with Crippen LogP contribution in [0.1, 0.15) is 37.8 Å². The van der Waals surface area contributed by atoms with E-state index in [0.717, 1.165) is 71.7 Å². The van der Waals surface area contributed by atoms with E-state index in [1.54, 1.807) is 0 Å². The van der Waals surface area contributed by atoms with Crippen LogP contribution >= 0.6 is 0 Å². The molecule has 0 saturated carbocycles. The lowest BCUT2D eigenvalue weighted by atomic mass is 9.96. The third-order valence-electron chi connectivity index (χ3n) is 7.64. The number of aromatic amines is 1. The molecule has 6 rings (SSSR count). The van der Waals surface area contributed by atoms with Crippen molar-refractivity contribution < 1.29 is 4.98 Å². The summed E-state index contributed by atoms with van der Waals surface area (Å²) in [7, 11) is 1.91. The van der Waals surface area contributed by atoms with E-state index in [-0.39, 0.29) is 5.56 Å². The number of hydrogen-bond acceptors (Lipinski definition) is 3. The van der Waals surface area contributed by atoms with Crippen molar-refractivity contribution in [3.05, 3.63) is 51.8 Å². The number of benzene rings is 2. The number of anilines is 2. The van der Waals surface area contributed by atoms with E-state index in [2.05, 4.69) is 59.0 Å². The van der Waals surface area contributed by atoms with Crippen molar-refractivity contribution in [1.29, 1.82) is 0 Å². The number of hydrogen-bond donors (Lipinski definition) is 0. The Morgan fingerprint density at radius 3 is 2.19 bits per heavy atom. The lowest BCUT2D eigenvalue weighted by Crippen LogP contribution is -2.30. The predicted molar refractivity (Wildman–Crippen MR) is 133 cm³/mol. The minimum absolute atomic E-state index is 0.0670. The molecule has 5 nitrogen and oxygen atoms in total. The van der Waals surface area contributed by atoms with Crippen LogP contribution in [-0.2, 0) is 19.9 Å². The van der Waals surface area contributed by atoms with Gasteiger partial charge in [-0.2, -0.15) is 0 Å². The van der Waals surface area contributed by atoms with Crippen molar-refractivity contribution in [2.24, 2.45) is 7.05 Å². The fourth-order valence-corrected chi connectivity index (χ4v) is 5.89. The first kappa shape index (κ1) is 19.6. The van der Waals surface area contributed by atoms with Gasteiger partial charge in [0.05, 0.1) is 10.9 Å². The van der Waals surface area contributed by atoms with Crippen LogP contribution in [0, 0.1) is 0 Å². The number of H-pyrrole nitrogens is 1. The van der Waals surface area contributed by atoms with Crippen LogP contribution in [0.5, 0.6) is 0 Å². The van der Waals surface area contributed by atoms with Gasteiger partial charge in [0, 0.05) is 56.1 Å². The number of fused-ring (bicyclic) bond motifs is 6. The highest BCUT2D eigenvalue weighted by Crippen LogP contribution is 2.34. The molecule has 0 atom stereocenters. The highest BCUT2D eigenvalue weighted by Gasteiger charge is 2.23. The third kappa shape index (κ3) is 2.76. The number of aryl methyl sites for hydroxylation is 3. The maximum atomic E-state index is 13.4. The largest absolute Gasteiger partial charge is 0.372 e. The summed E-state index contributed by atoms with van der Waals surface area (Å²) >= 11 is 0. The molecule has 0 unspecified atom stereocenters. The molecule has 0 radical (unpaired) electrons. The van der Waals surface area contributed by atoms with Crippen molar-refractivity contribution in [1.82, 2.24) is 4.57 Å². The molecule has 4 heterocycles. The van der Waals surface area contributed by atoms with Crippen molar-refractivity contribution in [2.45, 2.75) is 39.5 Å². The summed E-state index contributed by atoms with van der Waals surface area (Å²) < 4.78 is 1.83. The van der Waals surface area contributed by atoms with E-state index in [1.165, 1.54) is 35.3 Å². The third-order valence-corrected chi connectivity index (χ3v) is 7.64. The summed E-state index contributed by atoms with van der Waals surface area (Å²) in [4.78, 5) is 22.0. The molecule has 2 aromatic heterocycles. The van der Waals surface area contributed by atoms with Crippen LogP contribution in [0.25, 0.3) is 32.7 Å². The molecule has 0 saturated heterocycles. The summed E-state index contributed by atoms with van der Waals surface area (Å²) in [5.74, 6) is 0. The standard InChI is InChI=1S/C27H30N4O/c1-4-30-10-6-8-17-12-19-14-21-26(28-22(19)15-23(17)30)20-13-18-9-7-11-31(5-2)24(18)16-25(20)29(3)27(21)32/h12-16H,4-11H2,1-3H3/p+1. The maximum Gasteiger partial charge on any atom is 0.264 e. The summed E-state index contributed by atoms with van der Waals surface area (Å²) in [5.41, 5.74) is 8.55. The Bertz CT molecular complexity index is 1450. The molecule has 5 heteroatoms. The second-order valence-corrected chi connectivity index (χ2v) is 9.35. The fraction of sp³-hybridized carbons (Fsp3) is 0.407. The van der Waals surface area contributed by atoms with E-state index in [4.69, 9.17) is 0 Å². The van der Waals surface area contributed by atoms with Crippen LogP contribution in [-0.4, -0.2) is 30.7 Å². The summed E-state index contributed by atoms with van der Waals surface area (Å²) in [5, 5.41) is 3.05. The Balaban J connectivity index is 1.68. The number of nitrogens with one attached hydrogen (secondary N) is 1. The van der Waals surface area contributed by atoms with Crippen molar-refractivity contribution >= 4 is 44.1 Å². The Labute approximate surface area is 188 Å². The second kappa shape index (κ2) is 7.22. The molecule has 32 heavy (non-hydrogen) atoms. The van der Waals surface area contributed by atoms with E-state index in [9.17, 15) is 4.79 Å². The average molecular weight is 428 g/mol. The minimum Gasteiger partial charge on any atom is -0.372 e. The molecule has 0 aliphatic carbocycles. The van der Waals surface area contributed by atoms with Crippen LogP contribution in [0.4, 0.5) is 11.4 Å². The Morgan fingerprint density at radius 1 is 0.844 bits per heavy atom. The van der Waals surface area contributed by atoms with Crippen LogP contribution < -0.4 is 20.3 Å². The predicted octanol–water partition coefficient (Wildman–Crippen LogP) is 4.20. The van der Waals surface area contributed by atoms with Gasteiger partial charge < -0.3 is 14.4 Å². The van der Waals surface area contributed by atoms with E-state index >= 15 is 0 Å². The van der Waals surface area contributed by atoms with Crippen LogP contribution in [0.15, 0.2) is 35.1 Å². The first-order valence-corrected chi connectivity index (χ1v) is 12.1. The van der Waals surface area contributed by atoms with Gasteiger partial charge in [0.25, 0.3) is 5.56 Å². The zero-order chi connectivity index (χ0) is 22.0. The number of nitrogens with zero attached hydrogens (tertiary/aromatic N) is 3. The van der Waals surface area contributed by atoms with Gasteiger partial charge in [-0.05, 0) is 74.9 Å². The van der Waals surface area contributed by atoms with E-state index < -0.39 is 0 Å². The molecule has 1 N–H and O–H groups in total. The Morgan fingerprint density at radius 2 is 1.50 bits per heavy atom. The molecule has 164 valence electrons. The SMILES string of the molecule is CCN1CCCc2cc3cc4c(=O)n(C)c5cc6c(cc5c4[nH+]c3cc21)CCCN6CC. The zero-order valence-corrected chi connectivity index (χ0v) is 19.3. The topological polar surface area (TPSA) is 42.6 Å². The van der Waals surface area contributed by atoms with Crippen LogP contribution in [0.3, 0.4) is 0 Å². The number of pyridine rings is 2. The first-order valence-electron chi connectivity index (χ1n) is 12.1. The molecular formula is C27H31N4O+. The fourth-order valence-electron chi connectivity index (χ4n) is 5.89. The quantitative estimate of drug-likeness (QED) is 0.356. The van der Waals surface area contributed by atoms with Gasteiger partial charge >= 0.3 is 0 Å². The lowest BCUT2D eigenvalue weighted by Gasteiger charge is -2.30. The van der Waals surface area contributed by atoms with Gasteiger partial charge in [0.2, 0.25) is 11.0 Å². The number of aromatic nitrogens is 2. The normalized spacial score (nSPS) is 16.1. The van der Waals surface area contributed by atoms with Gasteiger partial charge in [-0.1, -0.05) is 0 Å². The Kier molecular flexibility index (Phi) is 4.42. The zero-order valence-electron chi connectivity index (χ0n) is 19.3. The summed E-state index contributed by atoms with van der Waals surface area (Å²) in [6.45, 7) is 8.66. The molecule has 0 spiro atoms. The molecule has 2 aliphatic heterocycles. The van der Waals surface area contributed by atoms with Gasteiger partial charge in [-0.15, -0.1) is 0 Å². The molecule has 4 aromatic rings. The second-order valence-electron chi connectivity index (χ2n) is 9.35.